The second kappa shape index (κ2) is 21.5. The van der Waals surface area contributed by atoms with Crippen LogP contribution in [0.3, 0.4) is 0 Å². The van der Waals surface area contributed by atoms with Gasteiger partial charge < -0.3 is 14.0 Å². The number of furan rings is 1. The zero-order valence-electron chi connectivity index (χ0n) is 44.8. The number of hydrogen-bond acceptors (Lipinski definition) is 3. The van der Waals surface area contributed by atoms with Crippen LogP contribution in [-0.4, -0.2) is 22.6 Å². The van der Waals surface area contributed by atoms with Crippen LogP contribution in [-0.2, 0) is 26.5 Å². The van der Waals surface area contributed by atoms with Crippen LogP contribution in [0.15, 0.2) is 217 Å². The van der Waals surface area contributed by atoms with Crippen molar-refractivity contribution in [2.24, 2.45) is 5.92 Å². The van der Waals surface area contributed by atoms with E-state index in [0.717, 1.165) is 67.9 Å². The van der Waals surface area contributed by atoms with Gasteiger partial charge in [-0.3, -0.25) is 9.37 Å². The van der Waals surface area contributed by atoms with Crippen molar-refractivity contribution >= 4 is 51.4 Å². The predicted molar refractivity (Wildman–Crippen MR) is 304 cm³/mol. The molecule has 12 rings (SSSR count). The van der Waals surface area contributed by atoms with Crippen molar-refractivity contribution in [3.8, 4) is 61.7 Å². The Morgan fingerprint density at radius 3 is 1.91 bits per heavy atom. The smallest absolute Gasteiger partial charge is 0.148 e. The summed E-state index contributed by atoms with van der Waals surface area (Å²) in [5.74, 6) is 0.0393. The maximum Gasteiger partial charge on any atom is 0.148 e. The molecule has 0 saturated carbocycles. The molecule has 0 aliphatic heterocycles. The van der Waals surface area contributed by atoms with Crippen LogP contribution < -0.4 is 10.4 Å². The van der Waals surface area contributed by atoms with Crippen LogP contribution in [0.1, 0.15) is 29.1 Å². The van der Waals surface area contributed by atoms with Crippen LogP contribution in [0.5, 0.6) is 0 Å². The van der Waals surface area contributed by atoms with E-state index in [9.17, 15) is 4.39 Å². The van der Waals surface area contributed by atoms with Gasteiger partial charge in [0, 0.05) is 47.3 Å². The molecule has 75 heavy (non-hydrogen) atoms. The van der Waals surface area contributed by atoms with E-state index < -0.39 is 20.7 Å². The fourth-order valence-electron chi connectivity index (χ4n) is 10.1. The third kappa shape index (κ3) is 10.1. The van der Waals surface area contributed by atoms with E-state index in [1.165, 1.54) is 28.1 Å². The second-order valence-corrected chi connectivity index (χ2v) is 23.9. The van der Waals surface area contributed by atoms with Crippen molar-refractivity contribution in [2.45, 2.75) is 40.2 Å². The molecule has 4 nitrogen and oxygen atoms in total. The molecule has 3 heterocycles. The number of rotatable bonds is 10. The number of halogens is 2. The maximum absolute atomic E-state index is 15.7. The van der Waals surface area contributed by atoms with Gasteiger partial charge in [0.15, 0.2) is 0 Å². The number of hydrogen-bond donors (Lipinski definition) is 0. The van der Waals surface area contributed by atoms with E-state index in [-0.39, 0.29) is 37.0 Å². The molecule has 9 aromatic carbocycles. The fourth-order valence-corrected chi connectivity index (χ4v) is 12.8. The Morgan fingerprint density at radius 2 is 1.25 bits per heavy atom. The van der Waals surface area contributed by atoms with Gasteiger partial charge >= 0.3 is 0 Å². The van der Waals surface area contributed by atoms with Crippen molar-refractivity contribution in [3.63, 3.8) is 0 Å². The second-order valence-electron chi connectivity index (χ2n) is 19.5. The van der Waals surface area contributed by atoms with Crippen molar-refractivity contribution in [1.29, 1.82) is 0 Å². The van der Waals surface area contributed by atoms with Gasteiger partial charge in [-0.1, -0.05) is 225 Å². The minimum absolute atomic E-state index is 0. The Kier molecular flexibility index (Phi) is 13.5. The number of benzene rings is 9. The molecule has 0 spiro atoms. The molecule has 12 aromatic rings. The average Bonchev–Trinajstić information content (AvgIpc) is 4.20. The summed E-state index contributed by atoms with van der Waals surface area (Å²) < 4.78 is 61.5. The van der Waals surface area contributed by atoms with E-state index in [1.807, 2.05) is 102 Å². The fraction of sp³-hybridized carbons (Fsp3) is 0.104. The summed E-state index contributed by atoms with van der Waals surface area (Å²) in [7, 11) is -1.98. The van der Waals surface area contributed by atoms with Crippen molar-refractivity contribution < 1.29 is 37.4 Å². The normalized spacial score (nSPS) is 12.2. The van der Waals surface area contributed by atoms with Gasteiger partial charge in [-0.25, -0.2) is 4.39 Å². The van der Waals surface area contributed by atoms with Crippen LogP contribution >= 0.6 is 0 Å². The third-order valence-electron chi connectivity index (χ3n) is 13.8. The van der Waals surface area contributed by atoms with Gasteiger partial charge in [0.25, 0.3) is 0 Å². The molecule has 1 radical (unpaired) electrons. The van der Waals surface area contributed by atoms with Gasteiger partial charge in [-0.15, -0.1) is 35.9 Å². The number of imidazole rings is 1. The van der Waals surface area contributed by atoms with Crippen molar-refractivity contribution in [3.05, 3.63) is 247 Å². The summed E-state index contributed by atoms with van der Waals surface area (Å²) in [6.45, 7) is 6.58. The molecule has 0 unspecified atom stereocenters. The molecule has 0 saturated heterocycles. The first kappa shape index (κ1) is 46.9. The van der Waals surface area contributed by atoms with Gasteiger partial charge in [0.1, 0.15) is 19.5 Å². The standard InChI is InChI=1S/C43H26FN2O.C24H27FNSi.Ir/c44-37-17-10-18-38-41(37)46(33-22-19-30(20-23-33)28-11-4-1-5-12-28)43(45-38)36-26-25-34(31-15-8-3-9-16-31)40-35-24-21-32(27-39(35)47-42(36)40)29-13-6-2-7-14-29;1-17(2)13-19-15-23(21-12-11-18(3)14-22(21)25)26-16-24(19)27(4,5)20-9-7-6-8-10-20;/h1-25,27H;6-11,14-17H,13H2,1-5H3;/q2*-1;/i;3D3;. The number of para-hydroxylation sites is 1. The molecule has 8 heteroatoms. The minimum Gasteiger partial charge on any atom is -0.500 e. The number of aryl methyl sites for hydroxylation is 1. The summed E-state index contributed by atoms with van der Waals surface area (Å²) in [5, 5.41) is 4.53. The molecule has 0 aliphatic carbocycles. The van der Waals surface area contributed by atoms with Gasteiger partial charge in [0.2, 0.25) is 0 Å². The van der Waals surface area contributed by atoms with Gasteiger partial charge in [-0.2, -0.15) is 0 Å². The Morgan fingerprint density at radius 1 is 0.640 bits per heavy atom. The van der Waals surface area contributed by atoms with Crippen LogP contribution in [0.4, 0.5) is 8.78 Å². The van der Waals surface area contributed by atoms with E-state index in [0.29, 0.717) is 39.6 Å². The van der Waals surface area contributed by atoms with Crippen LogP contribution in [0.25, 0.3) is 94.7 Å². The minimum atomic E-state index is -2.36. The summed E-state index contributed by atoms with van der Waals surface area (Å²) in [5.41, 5.74) is 12.1. The average molecular weight is 1180 g/mol. The Balaban J connectivity index is 0.000000193. The SMILES string of the molecule is Fc1cccc2nc(-c3[c-]cc(-c4ccccc4)c4c3oc3cc(-c5ccccc5)ccc34)n(-c3ccc(-c4ccccc4)cc3)c12.[2H]C([2H])([2H])c1c[c-]c(-c2cc(CC(C)C)c([Si](C)(C)c3ccccc3)cn2)c(F)c1.[Ir]. The Hall–Kier alpha value is -7.87. The van der Waals surface area contributed by atoms with Crippen molar-refractivity contribution in [2.75, 3.05) is 0 Å². The van der Waals surface area contributed by atoms with E-state index in [2.05, 4.69) is 135 Å². The number of pyridine rings is 1. The number of fused-ring (bicyclic) bond motifs is 4. The predicted octanol–water partition coefficient (Wildman–Crippen LogP) is 16.5. The Bertz CT molecular complexity index is 4070. The van der Waals surface area contributed by atoms with E-state index in [1.54, 1.807) is 6.07 Å². The molecule has 0 amide bonds. The molecule has 3 aromatic heterocycles. The molecular formula is C67H53F2IrN3OSi-2. The molecular weight excluding hydrogens is 1120 g/mol. The van der Waals surface area contributed by atoms with Crippen LogP contribution in [0.2, 0.25) is 13.1 Å². The van der Waals surface area contributed by atoms with E-state index >= 15 is 4.39 Å². The van der Waals surface area contributed by atoms with Crippen molar-refractivity contribution in [1.82, 2.24) is 14.5 Å². The summed E-state index contributed by atoms with van der Waals surface area (Å²) in [4.78, 5) is 9.60. The first-order valence-electron chi connectivity index (χ1n) is 26.3. The Labute approximate surface area is 456 Å². The quantitative estimate of drug-likeness (QED) is 0.101. The maximum atomic E-state index is 15.7. The molecule has 0 bridgehead atoms. The first-order valence-corrected chi connectivity index (χ1v) is 27.8. The monoisotopic (exact) mass is 1180 g/mol. The molecule has 0 atom stereocenters. The van der Waals surface area contributed by atoms with Gasteiger partial charge in [0.05, 0.1) is 22.4 Å². The largest absolute Gasteiger partial charge is 0.500 e. The topological polar surface area (TPSA) is 43.9 Å². The molecule has 0 fully saturated rings. The summed E-state index contributed by atoms with van der Waals surface area (Å²) >= 11 is 0. The van der Waals surface area contributed by atoms with Crippen LogP contribution in [0, 0.1) is 36.5 Å². The first-order chi connectivity index (χ1) is 37.2. The summed E-state index contributed by atoms with van der Waals surface area (Å²) in [6.07, 6.45) is 2.75. The molecule has 371 valence electrons. The third-order valence-corrected chi connectivity index (χ3v) is 17.3. The number of nitrogens with zero attached hydrogens (tertiary/aromatic N) is 3. The zero-order valence-corrected chi connectivity index (χ0v) is 45.2. The van der Waals surface area contributed by atoms with Gasteiger partial charge in [-0.05, 0) is 81.2 Å². The zero-order chi connectivity index (χ0) is 53.4. The summed E-state index contributed by atoms with van der Waals surface area (Å²) in [6, 6.07) is 73.5. The van der Waals surface area contributed by atoms with E-state index in [4.69, 9.17) is 13.5 Å². The number of aromatic nitrogens is 3. The molecule has 0 aliphatic rings. The molecule has 0 N–H and O–H groups in total.